The minimum atomic E-state index is -0.0158. The topological polar surface area (TPSA) is 35.2 Å². The van der Waals surface area contributed by atoms with E-state index >= 15 is 0 Å². The zero-order valence-corrected chi connectivity index (χ0v) is 11.3. The predicted octanol–water partition coefficient (Wildman–Crippen LogP) is 3.61. The third-order valence-electron chi connectivity index (χ3n) is 3.61. The van der Waals surface area contributed by atoms with E-state index in [1.165, 1.54) is 6.42 Å². The number of hydrogen-bond acceptors (Lipinski definition) is 2. The smallest absolute Gasteiger partial charge is 0.126 e. The first-order valence-electron chi connectivity index (χ1n) is 6.22. The molecule has 2 nitrogen and oxygen atoms in total. The van der Waals surface area contributed by atoms with Gasteiger partial charge < -0.3 is 10.5 Å². The van der Waals surface area contributed by atoms with E-state index in [0.29, 0.717) is 6.54 Å². The van der Waals surface area contributed by atoms with Crippen molar-refractivity contribution in [3.63, 3.8) is 0 Å². The molecule has 0 saturated heterocycles. The second-order valence-electron chi connectivity index (χ2n) is 5.05. The summed E-state index contributed by atoms with van der Waals surface area (Å²) in [4.78, 5) is 0. The lowest BCUT2D eigenvalue weighted by atomic mass is 9.77. The van der Waals surface area contributed by atoms with Crippen LogP contribution in [0.3, 0.4) is 0 Å². The summed E-state index contributed by atoms with van der Waals surface area (Å²) in [6.45, 7) is 4.78. The molecule has 0 radical (unpaired) electrons. The lowest BCUT2D eigenvalue weighted by molar-refractivity contribution is -0.0135. The zero-order valence-electron chi connectivity index (χ0n) is 10.6. The Morgan fingerprint density at radius 2 is 1.88 bits per heavy atom. The summed E-state index contributed by atoms with van der Waals surface area (Å²) in [5, 5.41) is 0.772. The minimum absolute atomic E-state index is 0.0158. The highest BCUT2D eigenvalue weighted by Crippen LogP contribution is 2.41. The number of nitrogens with two attached hydrogens (primary N) is 1. The van der Waals surface area contributed by atoms with E-state index in [1.807, 2.05) is 26.0 Å². The average molecular weight is 254 g/mol. The summed E-state index contributed by atoms with van der Waals surface area (Å²) in [6, 6.07) is 3.91. The van der Waals surface area contributed by atoms with Crippen LogP contribution >= 0.6 is 11.6 Å². The molecule has 2 N–H and O–H groups in total. The van der Waals surface area contributed by atoms with Crippen LogP contribution in [0.25, 0.3) is 0 Å². The van der Waals surface area contributed by atoms with Gasteiger partial charge in [-0.2, -0.15) is 0 Å². The Bertz CT molecular complexity index is 390. The summed E-state index contributed by atoms with van der Waals surface area (Å²) < 4.78 is 6.26. The third-order valence-corrected chi connectivity index (χ3v) is 3.83. The molecule has 94 valence electrons. The highest BCUT2D eigenvalue weighted by atomic mass is 35.5. The Hall–Kier alpha value is -0.730. The van der Waals surface area contributed by atoms with E-state index in [4.69, 9.17) is 22.1 Å². The van der Waals surface area contributed by atoms with Crippen molar-refractivity contribution in [3.05, 3.63) is 28.3 Å². The van der Waals surface area contributed by atoms with Gasteiger partial charge in [-0.15, -0.1) is 0 Å². The molecule has 0 spiro atoms. The maximum Gasteiger partial charge on any atom is 0.126 e. The Morgan fingerprint density at radius 1 is 1.29 bits per heavy atom. The molecule has 3 heteroatoms. The van der Waals surface area contributed by atoms with Crippen molar-refractivity contribution in [2.45, 2.75) is 45.1 Å². The van der Waals surface area contributed by atoms with Gasteiger partial charge in [-0.25, -0.2) is 0 Å². The lowest BCUT2D eigenvalue weighted by Gasteiger charge is -2.42. The van der Waals surface area contributed by atoms with E-state index in [0.717, 1.165) is 41.2 Å². The fourth-order valence-electron chi connectivity index (χ4n) is 2.51. The van der Waals surface area contributed by atoms with Gasteiger partial charge in [0.2, 0.25) is 0 Å². The molecule has 0 aliphatic heterocycles. The van der Waals surface area contributed by atoms with E-state index in [-0.39, 0.29) is 5.60 Å². The van der Waals surface area contributed by atoms with Gasteiger partial charge in [-0.3, -0.25) is 0 Å². The first kappa shape index (κ1) is 12.7. The van der Waals surface area contributed by atoms with Gasteiger partial charge >= 0.3 is 0 Å². The molecule has 1 saturated carbocycles. The first-order chi connectivity index (χ1) is 8.06. The monoisotopic (exact) mass is 253 g/mol. The quantitative estimate of drug-likeness (QED) is 0.890. The standard InChI is InChI=1S/C14H20ClNO/c1-10-8-12(15)9-11(2)13(10)17-14(6-7-16)4-3-5-14/h8-9H,3-7,16H2,1-2H3. The molecule has 2 rings (SSSR count). The van der Waals surface area contributed by atoms with Gasteiger partial charge in [0.25, 0.3) is 0 Å². The van der Waals surface area contributed by atoms with Crippen molar-refractivity contribution in [2.75, 3.05) is 6.54 Å². The number of ether oxygens (including phenoxy) is 1. The maximum absolute atomic E-state index is 6.26. The molecule has 0 atom stereocenters. The van der Waals surface area contributed by atoms with Gasteiger partial charge in [-0.05, 0) is 69.3 Å². The van der Waals surface area contributed by atoms with Crippen LogP contribution in [0, 0.1) is 13.8 Å². The number of hydrogen-bond donors (Lipinski definition) is 1. The number of benzene rings is 1. The van der Waals surface area contributed by atoms with Crippen LogP contribution in [0.4, 0.5) is 0 Å². The van der Waals surface area contributed by atoms with Crippen LogP contribution in [0.5, 0.6) is 5.75 Å². The van der Waals surface area contributed by atoms with Crippen molar-refractivity contribution in [1.82, 2.24) is 0 Å². The highest BCUT2D eigenvalue weighted by Gasteiger charge is 2.39. The molecule has 0 heterocycles. The minimum Gasteiger partial charge on any atom is -0.487 e. The van der Waals surface area contributed by atoms with Gasteiger partial charge in [0.1, 0.15) is 11.4 Å². The number of rotatable bonds is 4. The van der Waals surface area contributed by atoms with Crippen LogP contribution in [0.2, 0.25) is 5.02 Å². The summed E-state index contributed by atoms with van der Waals surface area (Å²) >= 11 is 6.03. The normalized spacial score (nSPS) is 17.6. The van der Waals surface area contributed by atoms with E-state index in [1.54, 1.807) is 0 Å². The SMILES string of the molecule is Cc1cc(Cl)cc(C)c1OC1(CCN)CCC1. The molecule has 0 bridgehead atoms. The van der Waals surface area contributed by atoms with Crippen LogP contribution < -0.4 is 10.5 Å². The molecule has 1 aliphatic rings. The Labute approximate surface area is 108 Å². The molecule has 0 aromatic heterocycles. The molecule has 1 aromatic rings. The first-order valence-corrected chi connectivity index (χ1v) is 6.60. The fraction of sp³-hybridized carbons (Fsp3) is 0.571. The second kappa shape index (κ2) is 4.87. The van der Waals surface area contributed by atoms with Crippen molar-refractivity contribution < 1.29 is 4.74 Å². The van der Waals surface area contributed by atoms with E-state index in [2.05, 4.69) is 0 Å². The number of aryl methyl sites for hydroxylation is 2. The fourth-order valence-corrected chi connectivity index (χ4v) is 2.84. The predicted molar refractivity (Wildman–Crippen MR) is 71.8 cm³/mol. The molecule has 0 unspecified atom stereocenters. The van der Waals surface area contributed by atoms with E-state index in [9.17, 15) is 0 Å². The zero-order chi connectivity index (χ0) is 12.5. The van der Waals surface area contributed by atoms with Crippen molar-refractivity contribution in [3.8, 4) is 5.75 Å². The van der Waals surface area contributed by atoms with E-state index < -0.39 is 0 Å². The lowest BCUT2D eigenvalue weighted by Crippen LogP contribution is -2.45. The molecule has 0 amide bonds. The van der Waals surface area contributed by atoms with Gasteiger partial charge in [0.05, 0.1) is 0 Å². The highest BCUT2D eigenvalue weighted by molar-refractivity contribution is 6.30. The maximum atomic E-state index is 6.26. The van der Waals surface area contributed by atoms with Crippen LogP contribution in [-0.4, -0.2) is 12.1 Å². The van der Waals surface area contributed by atoms with Gasteiger partial charge in [0, 0.05) is 5.02 Å². The largest absolute Gasteiger partial charge is 0.487 e. The van der Waals surface area contributed by atoms with Crippen LogP contribution in [0.1, 0.15) is 36.8 Å². The Balaban J connectivity index is 2.23. The summed E-state index contributed by atoms with van der Waals surface area (Å²) in [6.07, 6.45) is 4.41. The summed E-state index contributed by atoms with van der Waals surface area (Å²) in [5.74, 6) is 0.988. The molecule has 1 fully saturated rings. The Kier molecular flexibility index (Phi) is 3.64. The van der Waals surface area contributed by atoms with Gasteiger partial charge in [-0.1, -0.05) is 11.6 Å². The molecule has 17 heavy (non-hydrogen) atoms. The molecule has 1 aromatic carbocycles. The molecule has 1 aliphatic carbocycles. The molecular formula is C14H20ClNO. The van der Waals surface area contributed by atoms with Crippen molar-refractivity contribution in [2.24, 2.45) is 5.73 Å². The second-order valence-corrected chi connectivity index (χ2v) is 5.48. The third kappa shape index (κ3) is 2.58. The molecular weight excluding hydrogens is 234 g/mol. The van der Waals surface area contributed by atoms with Crippen LogP contribution in [-0.2, 0) is 0 Å². The average Bonchev–Trinajstić information content (AvgIpc) is 2.19. The van der Waals surface area contributed by atoms with Gasteiger partial charge in [0.15, 0.2) is 0 Å². The number of halogens is 1. The van der Waals surface area contributed by atoms with Crippen molar-refractivity contribution >= 4 is 11.6 Å². The van der Waals surface area contributed by atoms with Crippen molar-refractivity contribution in [1.29, 1.82) is 0 Å². The van der Waals surface area contributed by atoms with Crippen LogP contribution in [0.15, 0.2) is 12.1 Å². The summed E-state index contributed by atoms with van der Waals surface area (Å²) in [7, 11) is 0. The summed E-state index contributed by atoms with van der Waals surface area (Å²) in [5.41, 5.74) is 7.88. The Morgan fingerprint density at radius 3 is 2.29 bits per heavy atom.